The van der Waals surface area contributed by atoms with Gasteiger partial charge < -0.3 is 5.73 Å². The van der Waals surface area contributed by atoms with Crippen LogP contribution in [0.4, 0.5) is 0 Å². The van der Waals surface area contributed by atoms with Gasteiger partial charge in [0.2, 0.25) is 0 Å². The van der Waals surface area contributed by atoms with Gasteiger partial charge in [0, 0.05) is 23.1 Å². The third-order valence-electron chi connectivity index (χ3n) is 4.15. The molecule has 0 aliphatic heterocycles. The van der Waals surface area contributed by atoms with E-state index in [2.05, 4.69) is 80.7 Å². The van der Waals surface area contributed by atoms with E-state index in [4.69, 9.17) is 5.73 Å². The van der Waals surface area contributed by atoms with Crippen LogP contribution in [0.3, 0.4) is 0 Å². The molecule has 2 nitrogen and oxygen atoms in total. The van der Waals surface area contributed by atoms with Crippen LogP contribution in [0.15, 0.2) is 22.7 Å². The summed E-state index contributed by atoms with van der Waals surface area (Å²) in [6.07, 6.45) is 0. The summed E-state index contributed by atoms with van der Waals surface area (Å²) in [6, 6.07) is 7.24. The quantitative estimate of drug-likeness (QED) is 0.901. The van der Waals surface area contributed by atoms with E-state index in [0.29, 0.717) is 12.6 Å². The Morgan fingerprint density at radius 1 is 1.32 bits per heavy atom. The molecule has 2 unspecified atom stereocenters. The highest BCUT2D eigenvalue weighted by Gasteiger charge is 2.28. The summed E-state index contributed by atoms with van der Waals surface area (Å²) in [5, 5.41) is 0. The largest absolute Gasteiger partial charge is 0.329 e. The third kappa shape index (κ3) is 4.04. The molecule has 0 radical (unpaired) electrons. The number of rotatable bonds is 4. The lowest BCUT2D eigenvalue weighted by Crippen LogP contribution is -2.43. The molecule has 0 aliphatic carbocycles. The molecule has 3 heteroatoms. The molecule has 0 amide bonds. The van der Waals surface area contributed by atoms with Gasteiger partial charge in [-0.2, -0.15) is 0 Å². The van der Waals surface area contributed by atoms with Crippen LogP contribution in [0, 0.1) is 12.3 Å². The molecule has 0 saturated heterocycles. The van der Waals surface area contributed by atoms with Gasteiger partial charge in [-0.3, -0.25) is 4.90 Å². The Morgan fingerprint density at radius 3 is 2.32 bits per heavy atom. The Balaban J connectivity index is 3.03. The van der Waals surface area contributed by atoms with Crippen molar-refractivity contribution in [3.63, 3.8) is 0 Å². The van der Waals surface area contributed by atoms with Crippen LogP contribution in [-0.2, 0) is 0 Å². The molecule has 1 aromatic rings. The molecule has 1 aromatic carbocycles. The summed E-state index contributed by atoms with van der Waals surface area (Å²) in [6.45, 7) is 11.8. The molecule has 0 bridgehead atoms. The Hall–Kier alpha value is -0.380. The van der Waals surface area contributed by atoms with Gasteiger partial charge in [-0.15, -0.1) is 0 Å². The van der Waals surface area contributed by atoms with Crippen molar-refractivity contribution in [2.75, 3.05) is 13.6 Å². The normalized spacial score (nSPS) is 15.6. The lowest BCUT2D eigenvalue weighted by atomic mass is 9.86. The molecule has 0 heterocycles. The molecular weight excluding hydrogens is 300 g/mol. The number of nitrogens with zero attached hydrogens (tertiary/aromatic N) is 1. The second-order valence-electron chi connectivity index (χ2n) is 6.47. The SMILES string of the molecule is Cc1cc(C(CN)N(C)C(C)C(C)(C)C)ccc1Br. The maximum absolute atomic E-state index is 6.02. The number of hydrogen-bond acceptors (Lipinski definition) is 2. The summed E-state index contributed by atoms with van der Waals surface area (Å²) in [5.74, 6) is 0. The van der Waals surface area contributed by atoms with Crippen molar-refractivity contribution in [1.29, 1.82) is 0 Å². The average molecular weight is 327 g/mol. The van der Waals surface area contributed by atoms with Crippen LogP contribution < -0.4 is 5.73 Å². The first-order valence-electron chi connectivity index (χ1n) is 6.86. The summed E-state index contributed by atoms with van der Waals surface area (Å²) in [7, 11) is 2.17. The monoisotopic (exact) mass is 326 g/mol. The highest BCUT2D eigenvalue weighted by Crippen LogP contribution is 2.30. The molecule has 0 aliphatic rings. The minimum atomic E-state index is 0.243. The van der Waals surface area contributed by atoms with E-state index in [0.717, 1.165) is 4.47 Å². The smallest absolute Gasteiger partial charge is 0.0470 e. The predicted octanol–water partition coefficient (Wildman–Crippen LogP) is 4.12. The fraction of sp³-hybridized carbons (Fsp3) is 0.625. The highest BCUT2D eigenvalue weighted by atomic mass is 79.9. The lowest BCUT2D eigenvalue weighted by Gasteiger charge is -2.40. The van der Waals surface area contributed by atoms with Crippen molar-refractivity contribution in [1.82, 2.24) is 4.90 Å². The molecule has 2 atom stereocenters. The van der Waals surface area contributed by atoms with E-state index in [-0.39, 0.29) is 11.5 Å². The van der Waals surface area contributed by atoms with Crippen molar-refractivity contribution in [2.24, 2.45) is 11.1 Å². The van der Waals surface area contributed by atoms with Crippen molar-refractivity contribution < 1.29 is 0 Å². The van der Waals surface area contributed by atoms with Crippen molar-refractivity contribution in [2.45, 2.75) is 46.7 Å². The minimum Gasteiger partial charge on any atom is -0.329 e. The summed E-state index contributed by atoms with van der Waals surface area (Å²) >= 11 is 3.55. The first-order chi connectivity index (χ1) is 8.68. The van der Waals surface area contributed by atoms with Gasteiger partial charge >= 0.3 is 0 Å². The molecule has 19 heavy (non-hydrogen) atoms. The van der Waals surface area contributed by atoms with Gasteiger partial charge in [-0.1, -0.05) is 48.8 Å². The van der Waals surface area contributed by atoms with E-state index in [1.54, 1.807) is 0 Å². The van der Waals surface area contributed by atoms with Gasteiger partial charge in [0.05, 0.1) is 0 Å². The van der Waals surface area contributed by atoms with Crippen molar-refractivity contribution in [3.8, 4) is 0 Å². The molecule has 108 valence electrons. The van der Waals surface area contributed by atoms with Gasteiger partial charge in [0.1, 0.15) is 0 Å². The van der Waals surface area contributed by atoms with Gasteiger partial charge in [0.25, 0.3) is 0 Å². The number of nitrogens with two attached hydrogens (primary N) is 1. The molecule has 2 N–H and O–H groups in total. The third-order valence-corrected chi connectivity index (χ3v) is 5.04. The number of likely N-dealkylation sites (N-methyl/N-ethyl adjacent to an activating group) is 1. The number of halogens is 1. The van der Waals surface area contributed by atoms with Crippen LogP contribution in [-0.4, -0.2) is 24.5 Å². The van der Waals surface area contributed by atoms with Gasteiger partial charge in [0.15, 0.2) is 0 Å². The van der Waals surface area contributed by atoms with Crippen LogP contribution in [0.2, 0.25) is 0 Å². The van der Waals surface area contributed by atoms with Crippen LogP contribution in [0.1, 0.15) is 44.9 Å². The number of aryl methyl sites for hydroxylation is 1. The van der Waals surface area contributed by atoms with E-state index in [1.165, 1.54) is 11.1 Å². The van der Waals surface area contributed by atoms with Gasteiger partial charge in [-0.05, 0) is 43.5 Å². The van der Waals surface area contributed by atoms with Crippen LogP contribution in [0.5, 0.6) is 0 Å². The molecule has 1 rings (SSSR count). The molecule has 0 saturated carbocycles. The fourth-order valence-electron chi connectivity index (χ4n) is 2.29. The zero-order valence-corrected chi connectivity index (χ0v) is 14.6. The molecule has 0 aromatic heterocycles. The number of hydrogen-bond donors (Lipinski definition) is 1. The zero-order valence-electron chi connectivity index (χ0n) is 13.0. The Bertz CT molecular complexity index is 423. The predicted molar refractivity (Wildman–Crippen MR) is 87.4 cm³/mol. The van der Waals surface area contributed by atoms with E-state index >= 15 is 0 Å². The Kier molecular flexibility index (Phi) is 5.60. The Labute approximate surface area is 126 Å². The van der Waals surface area contributed by atoms with Gasteiger partial charge in [-0.25, -0.2) is 0 Å². The van der Waals surface area contributed by atoms with Crippen molar-refractivity contribution in [3.05, 3.63) is 33.8 Å². The summed E-state index contributed by atoms with van der Waals surface area (Å²) < 4.78 is 1.15. The standard InChI is InChI=1S/C16H27BrN2/c1-11-9-13(7-8-14(11)17)15(10-18)19(6)12(2)16(3,4)5/h7-9,12,15H,10,18H2,1-6H3. The van der Waals surface area contributed by atoms with Crippen LogP contribution >= 0.6 is 15.9 Å². The topological polar surface area (TPSA) is 29.3 Å². The van der Waals surface area contributed by atoms with E-state index in [9.17, 15) is 0 Å². The maximum atomic E-state index is 6.02. The zero-order chi connectivity index (χ0) is 14.8. The van der Waals surface area contributed by atoms with E-state index in [1.807, 2.05) is 0 Å². The molecule has 0 spiro atoms. The minimum absolute atomic E-state index is 0.243. The second kappa shape index (κ2) is 6.38. The molecule has 0 fully saturated rings. The fourth-order valence-corrected chi connectivity index (χ4v) is 2.54. The first-order valence-corrected chi connectivity index (χ1v) is 7.65. The Morgan fingerprint density at radius 2 is 1.89 bits per heavy atom. The van der Waals surface area contributed by atoms with Crippen molar-refractivity contribution >= 4 is 15.9 Å². The second-order valence-corrected chi connectivity index (χ2v) is 7.32. The molecular formula is C16H27BrN2. The highest BCUT2D eigenvalue weighted by molar-refractivity contribution is 9.10. The summed E-state index contributed by atoms with van der Waals surface area (Å²) in [4.78, 5) is 2.39. The first kappa shape index (κ1) is 16.7. The lowest BCUT2D eigenvalue weighted by molar-refractivity contribution is 0.100. The van der Waals surface area contributed by atoms with E-state index < -0.39 is 0 Å². The van der Waals surface area contributed by atoms with Crippen LogP contribution in [0.25, 0.3) is 0 Å². The maximum Gasteiger partial charge on any atom is 0.0470 e. The number of benzene rings is 1. The summed E-state index contributed by atoms with van der Waals surface area (Å²) in [5.41, 5.74) is 8.81. The average Bonchev–Trinajstić information content (AvgIpc) is 2.32.